The number of ether oxygens (including phenoxy) is 1. The van der Waals surface area contributed by atoms with E-state index in [4.69, 9.17) is 14.1 Å². The van der Waals surface area contributed by atoms with Crippen LogP contribution in [0, 0.1) is 0 Å². The van der Waals surface area contributed by atoms with Gasteiger partial charge in [-0.25, -0.2) is 4.98 Å². The lowest BCUT2D eigenvalue weighted by molar-refractivity contribution is 0.319. The Morgan fingerprint density at radius 1 is 0.971 bits per heavy atom. The van der Waals surface area contributed by atoms with Crippen LogP contribution in [0.5, 0.6) is 11.5 Å². The van der Waals surface area contributed by atoms with Gasteiger partial charge in [0, 0.05) is 29.7 Å². The summed E-state index contributed by atoms with van der Waals surface area (Å²) in [6.45, 7) is 14.0. The van der Waals surface area contributed by atoms with Gasteiger partial charge in [0.15, 0.2) is 0 Å². The highest BCUT2D eigenvalue weighted by atomic mass is 35.5. The van der Waals surface area contributed by atoms with Crippen molar-refractivity contribution in [3.63, 3.8) is 0 Å². The van der Waals surface area contributed by atoms with Crippen LogP contribution in [-0.2, 0) is 23.8 Å². The Hall–Kier alpha value is -2.50. The van der Waals surface area contributed by atoms with Crippen molar-refractivity contribution in [1.82, 2.24) is 9.88 Å². The monoisotopic (exact) mass is 486 g/mol. The van der Waals surface area contributed by atoms with E-state index in [1.165, 1.54) is 5.56 Å². The number of phenolic OH excluding ortho intramolecular Hbond substituents is 1. The predicted molar refractivity (Wildman–Crippen MR) is 141 cm³/mol. The van der Waals surface area contributed by atoms with E-state index >= 15 is 0 Å². The standard InChI is InChI=1S/C28H38N2O3.ClH/c1-27(2,3)23-15-20(16-24(25(23)31)28(4,5)6)26-29-21(18-33-26)12-13-32-22-11-9-10-19(14-22)17-30(7)8;/h9-11,14-16,18,31H,12-13,17H2,1-8H3;1H. The van der Waals surface area contributed by atoms with Gasteiger partial charge in [0.1, 0.15) is 17.8 Å². The lowest BCUT2D eigenvalue weighted by atomic mass is 9.78. The zero-order valence-corrected chi connectivity index (χ0v) is 22.5. The first-order valence-electron chi connectivity index (χ1n) is 11.5. The lowest BCUT2D eigenvalue weighted by Gasteiger charge is -2.27. The zero-order chi connectivity index (χ0) is 24.4. The molecule has 0 unspecified atom stereocenters. The molecule has 6 heteroatoms. The summed E-state index contributed by atoms with van der Waals surface area (Å²) < 4.78 is 11.8. The number of oxazole rings is 1. The second kappa shape index (κ2) is 10.8. The van der Waals surface area contributed by atoms with E-state index in [0.29, 0.717) is 24.7 Å². The lowest BCUT2D eigenvalue weighted by Crippen LogP contribution is -2.17. The van der Waals surface area contributed by atoms with Crippen LogP contribution >= 0.6 is 12.4 Å². The Morgan fingerprint density at radius 2 is 1.59 bits per heavy atom. The molecule has 0 amide bonds. The normalized spacial score (nSPS) is 12.0. The van der Waals surface area contributed by atoms with Crippen molar-refractivity contribution < 1.29 is 14.3 Å². The van der Waals surface area contributed by atoms with Crippen molar-refractivity contribution in [3.8, 4) is 23.0 Å². The largest absolute Gasteiger partial charge is 0.507 e. The molecule has 0 fully saturated rings. The molecule has 2 aromatic carbocycles. The van der Waals surface area contributed by atoms with E-state index in [2.05, 4.69) is 72.7 Å². The summed E-state index contributed by atoms with van der Waals surface area (Å²) in [5.74, 6) is 1.78. The number of rotatable bonds is 7. The van der Waals surface area contributed by atoms with E-state index in [-0.39, 0.29) is 23.2 Å². The Morgan fingerprint density at radius 3 is 2.15 bits per heavy atom. The number of benzene rings is 2. The first-order valence-corrected chi connectivity index (χ1v) is 11.5. The van der Waals surface area contributed by atoms with Crippen molar-refractivity contribution in [2.45, 2.75) is 65.3 Å². The molecule has 3 rings (SSSR count). The molecule has 0 aliphatic rings. The maximum Gasteiger partial charge on any atom is 0.226 e. The van der Waals surface area contributed by atoms with Crippen LogP contribution < -0.4 is 4.74 Å². The second-order valence-corrected chi connectivity index (χ2v) is 11.0. The van der Waals surface area contributed by atoms with Gasteiger partial charge in [0.2, 0.25) is 5.89 Å². The molecule has 0 aliphatic heterocycles. The number of hydrogen-bond donors (Lipinski definition) is 1. The first kappa shape index (κ1) is 27.7. The van der Waals surface area contributed by atoms with Crippen LogP contribution in [0.2, 0.25) is 0 Å². The molecular formula is C28H39ClN2O3. The number of aromatic hydroxyl groups is 1. The molecule has 34 heavy (non-hydrogen) atoms. The average molecular weight is 487 g/mol. The fourth-order valence-electron chi connectivity index (χ4n) is 3.83. The van der Waals surface area contributed by atoms with Crippen molar-refractivity contribution in [3.05, 3.63) is 65.0 Å². The molecule has 3 aromatic rings. The molecule has 1 N–H and O–H groups in total. The maximum absolute atomic E-state index is 11.0. The smallest absolute Gasteiger partial charge is 0.226 e. The number of hydrogen-bond acceptors (Lipinski definition) is 5. The third-order valence-corrected chi connectivity index (χ3v) is 5.55. The summed E-state index contributed by atoms with van der Waals surface area (Å²) in [5.41, 5.74) is 4.33. The van der Waals surface area contributed by atoms with Crippen LogP contribution in [0.3, 0.4) is 0 Å². The van der Waals surface area contributed by atoms with Crippen molar-refractivity contribution in [2.24, 2.45) is 0 Å². The summed E-state index contributed by atoms with van der Waals surface area (Å²) in [6, 6.07) is 12.2. The third-order valence-electron chi connectivity index (χ3n) is 5.55. The SMILES string of the molecule is CN(C)Cc1cccc(OCCc2coc(-c3cc(C(C)(C)C)c(O)c(C(C)(C)C)c3)n2)c1.Cl. The van der Waals surface area contributed by atoms with Gasteiger partial charge < -0.3 is 19.2 Å². The topological polar surface area (TPSA) is 58.7 Å². The van der Waals surface area contributed by atoms with Crippen LogP contribution in [0.25, 0.3) is 11.5 Å². The average Bonchev–Trinajstić information content (AvgIpc) is 3.15. The Kier molecular flexibility index (Phi) is 8.84. The molecule has 1 aromatic heterocycles. The van der Waals surface area contributed by atoms with Gasteiger partial charge >= 0.3 is 0 Å². The summed E-state index contributed by atoms with van der Waals surface area (Å²) >= 11 is 0. The van der Waals surface area contributed by atoms with Gasteiger partial charge in [-0.05, 0) is 54.8 Å². The fraction of sp³-hybridized carbons (Fsp3) is 0.464. The van der Waals surface area contributed by atoms with E-state index in [1.54, 1.807) is 6.26 Å². The van der Waals surface area contributed by atoms with Crippen LogP contribution in [-0.4, -0.2) is 35.7 Å². The molecular weight excluding hydrogens is 448 g/mol. The van der Waals surface area contributed by atoms with E-state index in [9.17, 15) is 5.11 Å². The molecule has 5 nitrogen and oxygen atoms in total. The molecule has 0 saturated carbocycles. The van der Waals surface area contributed by atoms with E-state index in [1.807, 2.05) is 24.3 Å². The van der Waals surface area contributed by atoms with Gasteiger partial charge in [0.25, 0.3) is 0 Å². The van der Waals surface area contributed by atoms with Crippen molar-refractivity contribution >= 4 is 12.4 Å². The van der Waals surface area contributed by atoms with Crippen molar-refractivity contribution in [1.29, 1.82) is 0 Å². The minimum atomic E-state index is -0.204. The fourth-order valence-corrected chi connectivity index (χ4v) is 3.83. The zero-order valence-electron chi connectivity index (χ0n) is 21.7. The number of halogens is 1. The highest BCUT2D eigenvalue weighted by Crippen LogP contribution is 2.41. The van der Waals surface area contributed by atoms with Gasteiger partial charge in [-0.3, -0.25) is 0 Å². The number of phenols is 1. The number of aromatic nitrogens is 1. The van der Waals surface area contributed by atoms with Crippen LogP contribution in [0.1, 0.15) is 63.9 Å². The summed E-state index contributed by atoms with van der Waals surface area (Å²) in [5, 5.41) is 11.0. The Bertz CT molecular complexity index is 1060. The molecule has 0 radical (unpaired) electrons. The molecule has 186 valence electrons. The number of nitrogens with zero attached hydrogens (tertiary/aromatic N) is 2. The van der Waals surface area contributed by atoms with Gasteiger partial charge in [0.05, 0.1) is 12.3 Å². The summed E-state index contributed by atoms with van der Waals surface area (Å²) in [7, 11) is 4.11. The molecule has 0 spiro atoms. The van der Waals surface area contributed by atoms with Crippen molar-refractivity contribution in [2.75, 3.05) is 20.7 Å². The van der Waals surface area contributed by atoms with Gasteiger partial charge in [-0.15, -0.1) is 12.4 Å². The maximum atomic E-state index is 11.0. The molecule has 0 bridgehead atoms. The molecule has 0 aliphatic carbocycles. The highest BCUT2D eigenvalue weighted by Gasteiger charge is 2.27. The molecule has 0 atom stereocenters. The molecule has 1 heterocycles. The Labute approximate surface area is 210 Å². The second-order valence-electron chi connectivity index (χ2n) is 11.0. The van der Waals surface area contributed by atoms with E-state index < -0.39 is 0 Å². The highest BCUT2D eigenvalue weighted by molar-refractivity contribution is 5.85. The minimum Gasteiger partial charge on any atom is -0.507 e. The van der Waals surface area contributed by atoms with E-state index in [0.717, 1.165) is 34.7 Å². The van der Waals surface area contributed by atoms with Crippen LogP contribution in [0.4, 0.5) is 0 Å². The van der Waals surface area contributed by atoms with Gasteiger partial charge in [-0.2, -0.15) is 0 Å². The third kappa shape index (κ3) is 7.00. The summed E-state index contributed by atoms with van der Waals surface area (Å²) in [4.78, 5) is 6.84. The quantitative estimate of drug-likeness (QED) is 0.400. The van der Waals surface area contributed by atoms with Crippen LogP contribution in [0.15, 0.2) is 47.1 Å². The Balaban J connectivity index is 0.00000408. The minimum absolute atomic E-state index is 0. The van der Waals surface area contributed by atoms with Gasteiger partial charge in [-0.1, -0.05) is 53.7 Å². The molecule has 0 saturated heterocycles. The summed E-state index contributed by atoms with van der Waals surface area (Å²) in [6.07, 6.45) is 2.35. The predicted octanol–water partition coefficient (Wildman–Crippen LogP) is 6.75. The first-order chi connectivity index (χ1) is 15.3.